The molecule has 3 heterocycles. The number of nitrogens with one attached hydrogen (secondary N) is 1. The van der Waals surface area contributed by atoms with E-state index in [2.05, 4.69) is 15.4 Å². The summed E-state index contributed by atoms with van der Waals surface area (Å²) in [4.78, 5) is 20.0. The van der Waals surface area contributed by atoms with E-state index in [0.29, 0.717) is 23.1 Å². The van der Waals surface area contributed by atoms with E-state index in [1.165, 1.54) is 5.01 Å². The molecule has 2 atom stereocenters. The van der Waals surface area contributed by atoms with Gasteiger partial charge in [-0.15, -0.1) is 0 Å². The summed E-state index contributed by atoms with van der Waals surface area (Å²) in [6.45, 7) is 0.540. The van der Waals surface area contributed by atoms with Crippen molar-refractivity contribution in [1.82, 2.24) is 20.2 Å². The van der Waals surface area contributed by atoms with Crippen LogP contribution in [-0.4, -0.2) is 47.8 Å². The molecular weight excluding hydrogens is 473 g/mol. The first-order chi connectivity index (χ1) is 16.4. The van der Waals surface area contributed by atoms with Gasteiger partial charge in [0.1, 0.15) is 5.75 Å². The minimum Gasteiger partial charge on any atom is -0.493 e. The molecule has 0 bridgehead atoms. The summed E-state index contributed by atoms with van der Waals surface area (Å²) in [5.41, 5.74) is 4.25. The summed E-state index contributed by atoms with van der Waals surface area (Å²) in [6.07, 6.45) is 3.58. The number of rotatable bonds is 3. The number of para-hydroxylation sites is 1. The molecule has 0 spiro atoms. The van der Waals surface area contributed by atoms with E-state index in [4.69, 9.17) is 27.9 Å². The maximum Gasteiger partial charge on any atom is 0.340 e. The third-order valence-corrected chi connectivity index (χ3v) is 6.37. The average molecular weight is 496 g/mol. The highest BCUT2D eigenvalue weighted by Gasteiger charge is 2.35. The van der Waals surface area contributed by atoms with Crippen LogP contribution in [0.5, 0.6) is 5.75 Å². The maximum atomic E-state index is 13.4. The second-order valence-electron chi connectivity index (χ2n) is 8.42. The lowest BCUT2D eigenvalue weighted by atomic mass is 9.97. The van der Waals surface area contributed by atoms with Crippen LogP contribution < -0.4 is 10.1 Å². The Hall–Kier alpha value is -3.13. The zero-order valence-electron chi connectivity index (χ0n) is 18.7. The van der Waals surface area contributed by atoms with E-state index in [1.54, 1.807) is 18.5 Å². The molecule has 9 heteroatoms. The summed E-state index contributed by atoms with van der Waals surface area (Å²) < 4.78 is 5.73. The van der Waals surface area contributed by atoms with E-state index in [0.717, 1.165) is 33.7 Å². The molecule has 174 valence electrons. The third kappa shape index (κ3) is 4.22. The van der Waals surface area contributed by atoms with Gasteiger partial charge in [-0.05, 0) is 55.6 Å². The second-order valence-corrected chi connectivity index (χ2v) is 9.29. The molecule has 7 nitrogen and oxygen atoms in total. The Kier molecular flexibility index (Phi) is 6.16. The number of pyridine rings is 1. The predicted molar refractivity (Wildman–Crippen MR) is 133 cm³/mol. The van der Waals surface area contributed by atoms with Crippen molar-refractivity contribution in [2.75, 3.05) is 20.7 Å². The van der Waals surface area contributed by atoms with Crippen LogP contribution in [0.1, 0.15) is 35.4 Å². The number of halogens is 2. The van der Waals surface area contributed by atoms with Gasteiger partial charge in [0.2, 0.25) is 0 Å². The Morgan fingerprint density at radius 3 is 2.68 bits per heavy atom. The van der Waals surface area contributed by atoms with Crippen molar-refractivity contribution in [3.63, 3.8) is 0 Å². The highest BCUT2D eigenvalue weighted by atomic mass is 35.5. The Bertz CT molecular complexity index is 1260. The number of urea groups is 1. The van der Waals surface area contributed by atoms with E-state index in [9.17, 15) is 4.79 Å². The molecule has 34 heavy (non-hydrogen) atoms. The van der Waals surface area contributed by atoms with Crippen LogP contribution in [0.4, 0.5) is 4.79 Å². The molecule has 5 rings (SSSR count). The number of fused-ring (bicyclic) bond motifs is 2. The maximum absolute atomic E-state index is 13.4. The molecule has 0 fully saturated rings. The van der Waals surface area contributed by atoms with Gasteiger partial charge in [-0.1, -0.05) is 41.4 Å². The summed E-state index contributed by atoms with van der Waals surface area (Å²) in [5.74, 6) is 0.794. The summed E-state index contributed by atoms with van der Waals surface area (Å²) >= 11 is 12.5. The average Bonchev–Trinajstić information content (AvgIpc) is 2.82. The van der Waals surface area contributed by atoms with Crippen molar-refractivity contribution in [2.24, 2.45) is 5.10 Å². The van der Waals surface area contributed by atoms with Crippen LogP contribution in [0.15, 0.2) is 59.8 Å². The lowest BCUT2D eigenvalue weighted by molar-refractivity contribution is 0.0947. The number of ether oxygens (including phenoxy) is 1. The number of amides is 2. The number of carbonyl (C=O) groups is 1. The Morgan fingerprint density at radius 2 is 1.91 bits per heavy atom. The molecule has 2 aromatic carbocycles. The fourth-order valence-electron chi connectivity index (χ4n) is 4.42. The molecule has 1 unspecified atom stereocenters. The molecule has 1 N–H and O–H groups in total. The molecule has 0 radical (unpaired) electrons. The van der Waals surface area contributed by atoms with E-state index in [-0.39, 0.29) is 12.1 Å². The highest BCUT2D eigenvalue weighted by molar-refractivity contribution is 6.35. The number of hydrazone groups is 1. The van der Waals surface area contributed by atoms with Gasteiger partial charge in [0.25, 0.3) is 0 Å². The SMILES string of the molecule is CN(C)C1c2nccc(-c3cc(Cl)cc(Cl)c3)c2C=NN1C(=O)N[C@H]1CCOc2ccccc21. The number of hydrogen-bond acceptors (Lipinski definition) is 5. The van der Waals surface area contributed by atoms with E-state index < -0.39 is 6.17 Å². The van der Waals surface area contributed by atoms with Crippen molar-refractivity contribution in [1.29, 1.82) is 0 Å². The topological polar surface area (TPSA) is 70.1 Å². The Morgan fingerprint density at radius 1 is 1.15 bits per heavy atom. The predicted octanol–water partition coefficient (Wildman–Crippen LogP) is 5.50. The number of hydrogen-bond donors (Lipinski definition) is 1. The fourth-order valence-corrected chi connectivity index (χ4v) is 4.95. The molecule has 0 saturated carbocycles. The quantitative estimate of drug-likeness (QED) is 0.520. The van der Waals surface area contributed by atoms with Crippen LogP contribution in [0.3, 0.4) is 0 Å². The number of nitrogens with zero attached hydrogens (tertiary/aromatic N) is 4. The van der Waals surface area contributed by atoms with Gasteiger partial charge < -0.3 is 10.1 Å². The van der Waals surface area contributed by atoms with Gasteiger partial charge in [-0.25, -0.2) is 4.79 Å². The normalized spacial score (nSPS) is 18.8. The zero-order valence-corrected chi connectivity index (χ0v) is 20.2. The van der Waals surface area contributed by atoms with Crippen molar-refractivity contribution in [3.05, 3.63) is 81.6 Å². The van der Waals surface area contributed by atoms with Gasteiger partial charge >= 0.3 is 6.03 Å². The van der Waals surface area contributed by atoms with Crippen LogP contribution in [0.25, 0.3) is 11.1 Å². The third-order valence-electron chi connectivity index (χ3n) is 5.94. The minimum atomic E-state index is -0.496. The van der Waals surface area contributed by atoms with Gasteiger partial charge in [-0.2, -0.15) is 10.1 Å². The van der Waals surface area contributed by atoms with Crippen LogP contribution in [0, 0.1) is 0 Å². The summed E-state index contributed by atoms with van der Waals surface area (Å²) in [6, 6.07) is 14.6. The van der Waals surface area contributed by atoms with Gasteiger partial charge in [0, 0.05) is 33.8 Å². The van der Waals surface area contributed by atoms with Crippen molar-refractivity contribution < 1.29 is 9.53 Å². The van der Waals surface area contributed by atoms with Crippen molar-refractivity contribution >= 4 is 35.4 Å². The van der Waals surface area contributed by atoms with Gasteiger partial charge in [0.15, 0.2) is 6.17 Å². The summed E-state index contributed by atoms with van der Waals surface area (Å²) in [7, 11) is 3.79. The molecule has 2 aliphatic heterocycles. The molecular formula is C25H23Cl2N5O2. The smallest absolute Gasteiger partial charge is 0.340 e. The number of carbonyl (C=O) groups excluding carboxylic acids is 1. The molecule has 2 aliphatic rings. The molecule has 2 amide bonds. The first-order valence-corrected chi connectivity index (χ1v) is 11.6. The molecule has 0 aliphatic carbocycles. The molecule has 1 aromatic heterocycles. The lowest BCUT2D eigenvalue weighted by Gasteiger charge is -2.37. The minimum absolute atomic E-state index is 0.162. The lowest BCUT2D eigenvalue weighted by Crippen LogP contribution is -2.47. The Labute approximate surface area is 207 Å². The van der Waals surface area contributed by atoms with Crippen LogP contribution in [0.2, 0.25) is 10.0 Å². The van der Waals surface area contributed by atoms with E-state index >= 15 is 0 Å². The van der Waals surface area contributed by atoms with Gasteiger partial charge in [-0.3, -0.25) is 9.88 Å². The van der Waals surface area contributed by atoms with Crippen molar-refractivity contribution in [3.8, 4) is 16.9 Å². The van der Waals surface area contributed by atoms with Crippen LogP contribution in [-0.2, 0) is 0 Å². The molecule has 3 aromatic rings. The Balaban J connectivity index is 1.48. The van der Waals surface area contributed by atoms with Crippen molar-refractivity contribution in [2.45, 2.75) is 18.6 Å². The highest BCUT2D eigenvalue weighted by Crippen LogP contribution is 2.36. The summed E-state index contributed by atoms with van der Waals surface area (Å²) in [5, 5.41) is 10.2. The number of aromatic nitrogens is 1. The van der Waals surface area contributed by atoms with E-state index in [1.807, 2.05) is 61.5 Å². The first-order valence-electron chi connectivity index (χ1n) is 10.9. The van der Waals surface area contributed by atoms with Crippen LogP contribution >= 0.6 is 23.2 Å². The largest absolute Gasteiger partial charge is 0.493 e. The first kappa shape index (κ1) is 22.7. The molecule has 0 saturated heterocycles. The second kappa shape index (κ2) is 9.25. The number of benzene rings is 2. The van der Waals surface area contributed by atoms with Gasteiger partial charge in [0.05, 0.1) is 24.6 Å². The monoisotopic (exact) mass is 495 g/mol. The zero-order chi connectivity index (χ0) is 23.8. The standard InChI is InChI=1S/C25H23Cl2N5O2/c1-31(2)24-23-20(18(7-9-28-23)15-11-16(26)13-17(27)12-15)14-29-32(24)25(33)30-21-8-10-34-22-6-4-3-5-19(21)22/h3-7,9,11-14,21,24H,8,10H2,1-2H3,(H,30,33)/t21-,24?/m0/s1. The fraction of sp³-hybridized carbons (Fsp3) is 0.240.